The van der Waals surface area contributed by atoms with Gasteiger partial charge in [-0.3, -0.25) is 4.79 Å². The number of likely N-dealkylation sites (tertiary alicyclic amines) is 1. The van der Waals surface area contributed by atoms with Gasteiger partial charge in [0, 0.05) is 22.9 Å². The molecule has 0 radical (unpaired) electrons. The highest BCUT2D eigenvalue weighted by atomic mass is 16.2. The molecule has 0 aliphatic carbocycles. The third-order valence-corrected chi connectivity index (χ3v) is 4.77. The maximum absolute atomic E-state index is 12.7. The van der Waals surface area contributed by atoms with E-state index in [0.717, 1.165) is 37.2 Å². The molecule has 136 valence electrons. The molecule has 2 aromatic rings. The maximum atomic E-state index is 12.7. The van der Waals surface area contributed by atoms with Gasteiger partial charge in [-0.1, -0.05) is 24.3 Å². The second-order valence-corrected chi connectivity index (χ2v) is 6.97. The van der Waals surface area contributed by atoms with Gasteiger partial charge in [-0.25, -0.2) is 4.79 Å². The van der Waals surface area contributed by atoms with Crippen LogP contribution in [0, 0.1) is 12.8 Å². The minimum absolute atomic E-state index is 0.0718. The molecule has 2 amide bonds. The van der Waals surface area contributed by atoms with Crippen molar-refractivity contribution >= 4 is 23.2 Å². The van der Waals surface area contributed by atoms with Gasteiger partial charge in [0.15, 0.2) is 5.78 Å². The molecule has 1 saturated heterocycles. The summed E-state index contributed by atoms with van der Waals surface area (Å²) in [7, 11) is 2.08. The number of hydrogen-bond donors (Lipinski definition) is 2. The Kier molecular flexibility index (Phi) is 5.68. The first kappa shape index (κ1) is 18.1. The van der Waals surface area contributed by atoms with Crippen LogP contribution in [0.3, 0.4) is 0 Å². The van der Waals surface area contributed by atoms with E-state index in [1.165, 1.54) is 0 Å². The fourth-order valence-corrected chi connectivity index (χ4v) is 3.27. The number of nitrogens with zero attached hydrogens (tertiary/aromatic N) is 1. The monoisotopic (exact) mass is 351 g/mol. The van der Waals surface area contributed by atoms with Crippen molar-refractivity contribution in [3.8, 4) is 0 Å². The summed E-state index contributed by atoms with van der Waals surface area (Å²) in [6.07, 6.45) is 1.78. The Morgan fingerprint density at radius 1 is 0.962 bits per heavy atom. The topological polar surface area (TPSA) is 61.4 Å². The van der Waals surface area contributed by atoms with Gasteiger partial charge in [0.2, 0.25) is 0 Å². The Bertz CT molecular complexity index is 795. The van der Waals surface area contributed by atoms with Crippen LogP contribution < -0.4 is 10.6 Å². The largest absolute Gasteiger partial charge is 0.323 e. The van der Waals surface area contributed by atoms with E-state index in [9.17, 15) is 9.59 Å². The van der Waals surface area contributed by atoms with Crippen LogP contribution in [0.5, 0.6) is 0 Å². The number of amides is 2. The number of rotatable bonds is 4. The summed E-state index contributed by atoms with van der Waals surface area (Å²) in [4.78, 5) is 27.2. The number of carbonyl (C=O) groups is 2. The summed E-state index contributed by atoms with van der Waals surface area (Å²) in [6, 6.07) is 14.5. The Morgan fingerprint density at radius 2 is 1.58 bits per heavy atom. The highest BCUT2D eigenvalue weighted by molar-refractivity contribution is 6.02. The number of aryl methyl sites for hydroxylation is 1. The second-order valence-electron chi connectivity index (χ2n) is 6.97. The minimum Gasteiger partial charge on any atom is -0.308 e. The fraction of sp³-hybridized carbons (Fsp3) is 0.333. The number of ketones is 1. The van der Waals surface area contributed by atoms with Gasteiger partial charge in [-0.2, -0.15) is 0 Å². The third kappa shape index (κ3) is 4.70. The van der Waals surface area contributed by atoms with Gasteiger partial charge in [0.1, 0.15) is 0 Å². The average molecular weight is 351 g/mol. The van der Waals surface area contributed by atoms with Crippen molar-refractivity contribution in [2.24, 2.45) is 5.92 Å². The fourth-order valence-electron chi connectivity index (χ4n) is 3.27. The molecule has 2 aromatic carbocycles. The van der Waals surface area contributed by atoms with E-state index < -0.39 is 0 Å². The smallest absolute Gasteiger partial charge is 0.308 e. The third-order valence-electron chi connectivity index (χ3n) is 4.77. The van der Waals surface area contributed by atoms with Crippen molar-refractivity contribution in [2.75, 3.05) is 30.8 Å². The lowest BCUT2D eigenvalue weighted by Gasteiger charge is -2.28. The van der Waals surface area contributed by atoms with Crippen LogP contribution in [0.1, 0.15) is 28.8 Å². The van der Waals surface area contributed by atoms with E-state index in [1.807, 2.05) is 43.3 Å². The van der Waals surface area contributed by atoms with Crippen LogP contribution in [0.25, 0.3) is 0 Å². The Balaban J connectivity index is 1.63. The van der Waals surface area contributed by atoms with Crippen molar-refractivity contribution < 1.29 is 9.59 Å². The molecule has 0 atom stereocenters. The van der Waals surface area contributed by atoms with E-state index in [1.54, 1.807) is 12.1 Å². The number of anilines is 2. The number of piperidine rings is 1. The van der Waals surface area contributed by atoms with Crippen molar-refractivity contribution in [3.63, 3.8) is 0 Å². The average Bonchev–Trinajstić information content (AvgIpc) is 2.62. The van der Waals surface area contributed by atoms with E-state index >= 15 is 0 Å². The zero-order valence-corrected chi connectivity index (χ0v) is 15.3. The molecule has 2 N–H and O–H groups in total. The first-order chi connectivity index (χ1) is 12.5. The summed E-state index contributed by atoms with van der Waals surface area (Å²) in [5, 5.41) is 5.61. The van der Waals surface area contributed by atoms with E-state index in [0.29, 0.717) is 11.3 Å². The lowest BCUT2D eigenvalue weighted by molar-refractivity contribution is 0.0857. The normalized spacial score (nSPS) is 15.5. The van der Waals surface area contributed by atoms with E-state index in [2.05, 4.69) is 22.6 Å². The molecule has 5 nitrogen and oxygen atoms in total. The van der Waals surface area contributed by atoms with Crippen LogP contribution >= 0.6 is 0 Å². The maximum Gasteiger partial charge on any atom is 0.323 e. The molecule has 26 heavy (non-hydrogen) atoms. The van der Waals surface area contributed by atoms with Crippen LogP contribution in [0.2, 0.25) is 0 Å². The number of urea groups is 1. The van der Waals surface area contributed by atoms with Crippen LogP contribution in [-0.4, -0.2) is 36.9 Å². The van der Waals surface area contributed by atoms with Crippen molar-refractivity contribution in [1.82, 2.24) is 4.90 Å². The molecule has 0 bridgehead atoms. The van der Waals surface area contributed by atoms with Crippen LogP contribution in [0.15, 0.2) is 48.5 Å². The summed E-state index contributed by atoms with van der Waals surface area (Å²) < 4.78 is 0. The molecule has 1 fully saturated rings. The van der Waals surface area contributed by atoms with Gasteiger partial charge in [-0.15, -0.1) is 0 Å². The molecule has 0 saturated carbocycles. The van der Waals surface area contributed by atoms with E-state index in [4.69, 9.17) is 0 Å². The number of carbonyl (C=O) groups excluding carboxylic acids is 2. The van der Waals surface area contributed by atoms with Gasteiger partial charge < -0.3 is 15.5 Å². The number of hydrogen-bond acceptors (Lipinski definition) is 3. The quantitative estimate of drug-likeness (QED) is 0.813. The van der Waals surface area contributed by atoms with Gasteiger partial charge in [-0.05, 0) is 69.7 Å². The molecule has 5 heteroatoms. The standard InChI is InChI=1S/C21H25N3O2/c1-15-5-3-7-18(13-15)22-21(26)23-19-8-4-6-17(14-19)20(25)16-9-11-24(2)12-10-16/h3-8,13-14,16H,9-12H2,1-2H3,(H2,22,23,26). The first-order valence-electron chi connectivity index (χ1n) is 8.99. The Morgan fingerprint density at radius 3 is 2.23 bits per heavy atom. The second kappa shape index (κ2) is 8.15. The number of benzene rings is 2. The Hall–Kier alpha value is -2.66. The number of nitrogens with one attached hydrogen (secondary N) is 2. The van der Waals surface area contributed by atoms with Crippen molar-refractivity contribution in [2.45, 2.75) is 19.8 Å². The molecular weight excluding hydrogens is 326 g/mol. The number of Topliss-reactive ketones (excluding diaryl/α,β-unsaturated/α-hetero) is 1. The summed E-state index contributed by atoms with van der Waals surface area (Å²) in [5.74, 6) is 0.239. The SMILES string of the molecule is Cc1cccc(NC(=O)Nc2cccc(C(=O)C3CCN(C)CC3)c2)c1. The zero-order valence-electron chi connectivity index (χ0n) is 15.3. The first-order valence-corrected chi connectivity index (χ1v) is 8.99. The molecular formula is C21H25N3O2. The minimum atomic E-state index is -0.320. The van der Waals surface area contributed by atoms with Gasteiger partial charge in [0.25, 0.3) is 0 Å². The lowest BCUT2D eigenvalue weighted by Crippen LogP contribution is -2.33. The molecule has 0 unspecified atom stereocenters. The van der Waals surface area contributed by atoms with Crippen molar-refractivity contribution in [1.29, 1.82) is 0 Å². The predicted molar refractivity (Wildman–Crippen MR) is 105 cm³/mol. The summed E-state index contributed by atoms with van der Waals surface area (Å²) in [6.45, 7) is 3.88. The highest BCUT2D eigenvalue weighted by Crippen LogP contribution is 2.22. The van der Waals surface area contributed by atoms with Crippen LogP contribution in [-0.2, 0) is 0 Å². The van der Waals surface area contributed by atoms with Gasteiger partial charge >= 0.3 is 6.03 Å². The van der Waals surface area contributed by atoms with Crippen molar-refractivity contribution in [3.05, 3.63) is 59.7 Å². The lowest BCUT2D eigenvalue weighted by atomic mass is 9.89. The highest BCUT2D eigenvalue weighted by Gasteiger charge is 2.24. The molecule has 1 aliphatic rings. The van der Waals surface area contributed by atoms with E-state index in [-0.39, 0.29) is 17.7 Å². The molecule has 1 heterocycles. The predicted octanol–water partition coefficient (Wildman–Crippen LogP) is 4.16. The molecule has 0 aromatic heterocycles. The Labute approximate surface area is 154 Å². The molecule has 1 aliphatic heterocycles. The molecule has 0 spiro atoms. The zero-order chi connectivity index (χ0) is 18.5. The van der Waals surface area contributed by atoms with Crippen LogP contribution in [0.4, 0.5) is 16.2 Å². The summed E-state index contributed by atoms with van der Waals surface area (Å²) >= 11 is 0. The molecule has 3 rings (SSSR count). The van der Waals surface area contributed by atoms with Gasteiger partial charge in [0.05, 0.1) is 0 Å². The summed E-state index contributed by atoms with van der Waals surface area (Å²) in [5.41, 5.74) is 3.09.